The van der Waals surface area contributed by atoms with Crippen molar-refractivity contribution >= 4 is 0 Å². The van der Waals surface area contributed by atoms with E-state index in [-0.39, 0.29) is 18.8 Å². The van der Waals surface area contributed by atoms with Gasteiger partial charge in [-0.1, -0.05) is 19.8 Å². The summed E-state index contributed by atoms with van der Waals surface area (Å²) in [6, 6.07) is 0. The summed E-state index contributed by atoms with van der Waals surface area (Å²) in [4.78, 5) is 0. The van der Waals surface area contributed by atoms with E-state index in [9.17, 15) is 8.78 Å². The van der Waals surface area contributed by atoms with Gasteiger partial charge in [-0.15, -0.1) is 0 Å². The van der Waals surface area contributed by atoms with Crippen LogP contribution < -0.4 is 0 Å². The summed E-state index contributed by atoms with van der Waals surface area (Å²) in [6.45, 7) is 1.99. The van der Waals surface area contributed by atoms with E-state index in [1.807, 2.05) is 6.92 Å². The van der Waals surface area contributed by atoms with Gasteiger partial charge in [0, 0.05) is 12.8 Å². The molecule has 0 heterocycles. The Kier molecular flexibility index (Phi) is 2.27. The van der Waals surface area contributed by atoms with Gasteiger partial charge in [0.25, 0.3) is 0 Å². The molecule has 0 spiro atoms. The normalized spacial score (nSPS) is 32.1. The van der Waals surface area contributed by atoms with Gasteiger partial charge in [0.05, 0.1) is 0 Å². The molecule has 10 heavy (non-hydrogen) atoms. The van der Waals surface area contributed by atoms with Gasteiger partial charge in [-0.25, -0.2) is 8.78 Å². The average Bonchev–Trinajstić information content (AvgIpc) is 1.86. The number of hydrogen-bond acceptors (Lipinski definition) is 0. The van der Waals surface area contributed by atoms with Gasteiger partial charge in [0.1, 0.15) is 0 Å². The zero-order valence-electron chi connectivity index (χ0n) is 6.37. The molecule has 0 saturated heterocycles. The van der Waals surface area contributed by atoms with Gasteiger partial charge in [0.2, 0.25) is 5.92 Å². The Labute approximate surface area is 60.6 Å². The van der Waals surface area contributed by atoms with Crippen LogP contribution in [0.4, 0.5) is 8.78 Å². The van der Waals surface area contributed by atoms with Crippen LogP contribution in [0.3, 0.4) is 0 Å². The van der Waals surface area contributed by atoms with E-state index in [4.69, 9.17) is 0 Å². The molecule has 0 N–H and O–H groups in total. The minimum atomic E-state index is -2.35. The average molecular weight is 148 g/mol. The Hall–Kier alpha value is -0.140. The first-order chi connectivity index (χ1) is 4.64. The molecule has 0 aliphatic heterocycles. The molecule has 0 radical (unpaired) electrons. The standard InChI is InChI=1S/C8H14F2/c1-2-7-4-3-5-8(9,10)6-7/h7H,2-6H2,1H3/t7-/m0/s1. The first kappa shape index (κ1) is 7.96. The molecule has 0 bridgehead atoms. The third-order valence-electron chi connectivity index (χ3n) is 2.32. The molecule has 1 rings (SSSR count). The second-order valence-electron chi connectivity index (χ2n) is 3.23. The van der Waals surface area contributed by atoms with Crippen LogP contribution in [0.15, 0.2) is 0 Å². The summed E-state index contributed by atoms with van der Waals surface area (Å²) in [7, 11) is 0. The largest absolute Gasteiger partial charge is 0.248 e. The highest BCUT2D eigenvalue weighted by Crippen LogP contribution is 2.37. The molecule has 0 aromatic heterocycles. The lowest BCUT2D eigenvalue weighted by Crippen LogP contribution is -2.25. The van der Waals surface area contributed by atoms with Crippen molar-refractivity contribution in [1.82, 2.24) is 0 Å². The number of hydrogen-bond donors (Lipinski definition) is 0. The first-order valence-corrected chi connectivity index (χ1v) is 4.02. The number of alkyl halides is 2. The third-order valence-corrected chi connectivity index (χ3v) is 2.32. The quantitative estimate of drug-likeness (QED) is 0.535. The molecule has 0 aromatic carbocycles. The highest BCUT2D eigenvalue weighted by Gasteiger charge is 2.35. The van der Waals surface area contributed by atoms with Crippen LogP contribution in [0.25, 0.3) is 0 Å². The lowest BCUT2D eigenvalue weighted by molar-refractivity contribution is -0.0528. The maximum Gasteiger partial charge on any atom is 0.248 e. The molecule has 60 valence electrons. The van der Waals surface area contributed by atoms with Crippen LogP contribution >= 0.6 is 0 Å². The third kappa shape index (κ3) is 1.93. The lowest BCUT2D eigenvalue weighted by atomic mass is 9.85. The van der Waals surface area contributed by atoms with Crippen LogP contribution in [-0.4, -0.2) is 5.92 Å². The first-order valence-electron chi connectivity index (χ1n) is 4.02. The molecule has 1 aliphatic rings. The summed E-state index contributed by atoms with van der Waals surface area (Å²) < 4.78 is 25.3. The molecule has 0 amide bonds. The summed E-state index contributed by atoms with van der Waals surface area (Å²) in [5.41, 5.74) is 0. The van der Waals surface area contributed by atoms with Crippen LogP contribution in [0.1, 0.15) is 39.0 Å². The van der Waals surface area contributed by atoms with Gasteiger partial charge in [-0.3, -0.25) is 0 Å². The molecule has 1 aliphatic carbocycles. The van der Waals surface area contributed by atoms with Gasteiger partial charge in [-0.05, 0) is 12.3 Å². The predicted octanol–water partition coefficient (Wildman–Crippen LogP) is 3.22. The van der Waals surface area contributed by atoms with Crippen LogP contribution in [-0.2, 0) is 0 Å². The molecule has 1 atom stereocenters. The lowest BCUT2D eigenvalue weighted by Gasteiger charge is -2.27. The maximum atomic E-state index is 12.6. The summed E-state index contributed by atoms with van der Waals surface area (Å²) >= 11 is 0. The number of halogens is 2. The fraction of sp³-hybridized carbons (Fsp3) is 1.00. The van der Waals surface area contributed by atoms with Crippen molar-refractivity contribution in [2.75, 3.05) is 0 Å². The van der Waals surface area contributed by atoms with E-state index in [0.29, 0.717) is 6.42 Å². The SMILES string of the molecule is CC[C@H]1CCCC(F)(F)C1. The van der Waals surface area contributed by atoms with E-state index in [1.54, 1.807) is 0 Å². The van der Waals surface area contributed by atoms with E-state index >= 15 is 0 Å². The van der Waals surface area contributed by atoms with Crippen LogP contribution in [0.5, 0.6) is 0 Å². The van der Waals surface area contributed by atoms with Gasteiger partial charge < -0.3 is 0 Å². The molecular formula is C8H14F2. The fourth-order valence-electron chi connectivity index (χ4n) is 1.62. The molecule has 0 unspecified atom stereocenters. The topological polar surface area (TPSA) is 0 Å². The van der Waals surface area contributed by atoms with Gasteiger partial charge >= 0.3 is 0 Å². The van der Waals surface area contributed by atoms with Crippen molar-refractivity contribution in [1.29, 1.82) is 0 Å². The number of rotatable bonds is 1. The molecule has 0 aromatic rings. The molecule has 1 fully saturated rings. The van der Waals surface area contributed by atoms with Crippen LogP contribution in [0, 0.1) is 5.92 Å². The summed E-state index contributed by atoms with van der Waals surface area (Å²) in [5, 5.41) is 0. The van der Waals surface area contributed by atoms with Crippen molar-refractivity contribution in [2.24, 2.45) is 5.92 Å². The van der Waals surface area contributed by atoms with E-state index in [0.717, 1.165) is 12.8 Å². The van der Waals surface area contributed by atoms with E-state index < -0.39 is 5.92 Å². The fourth-order valence-corrected chi connectivity index (χ4v) is 1.62. The van der Waals surface area contributed by atoms with E-state index in [1.165, 1.54) is 0 Å². The highest BCUT2D eigenvalue weighted by atomic mass is 19.3. The van der Waals surface area contributed by atoms with Crippen LogP contribution in [0.2, 0.25) is 0 Å². The van der Waals surface area contributed by atoms with E-state index in [2.05, 4.69) is 0 Å². The monoisotopic (exact) mass is 148 g/mol. The van der Waals surface area contributed by atoms with Crippen molar-refractivity contribution < 1.29 is 8.78 Å². The Morgan fingerprint density at radius 3 is 2.60 bits per heavy atom. The minimum Gasteiger partial charge on any atom is -0.207 e. The Morgan fingerprint density at radius 1 is 1.50 bits per heavy atom. The summed E-state index contributed by atoms with van der Waals surface area (Å²) in [6.07, 6.45) is 2.88. The van der Waals surface area contributed by atoms with Crippen molar-refractivity contribution in [3.63, 3.8) is 0 Å². The Bertz CT molecular complexity index is 110. The molecular weight excluding hydrogens is 134 g/mol. The molecule has 1 saturated carbocycles. The zero-order valence-corrected chi connectivity index (χ0v) is 6.37. The Morgan fingerprint density at radius 2 is 2.20 bits per heavy atom. The smallest absolute Gasteiger partial charge is 0.207 e. The van der Waals surface area contributed by atoms with Crippen molar-refractivity contribution in [3.05, 3.63) is 0 Å². The minimum absolute atomic E-state index is 0.115. The van der Waals surface area contributed by atoms with Crippen molar-refractivity contribution in [3.8, 4) is 0 Å². The van der Waals surface area contributed by atoms with Gasteiger partial charge in [0.15, 0.2) is 0 Å². The predicted molar refractivity (Wildman–Crippen MR) is 37.2 cm³/mol. The maximum absolute atomic E-state index is 12.6. The summed E-state index contributed by atoms with van der Waals surface area (Å²) in [5.74, 6) is -2.07. The van der Waals surface area contributed by atoms with Gasteiger partial charge in [-0.2, -0.15) is 0 Å². The van der Waals surface area contributed by atoms with Crippen molar-refractivity contribution in [2.45, 2.75) is 45.0 Å². The molecule has 2 heteroatoms. The molecule has 0 nitrogen and oxygen atoms in total. The second-order valence-corrected chi connectivity index (χ2v) is 3.23. The zero-order chi connectivity index (χ0) is 7.61. The second kappa shape index (κ2) is 2.85. The highest BCUT2D eigenvalue weighted by molar-refractivity contribution is 4.77. The Balaban J connectivity index is 2.40.